The molecule has 2 aromatic heterocycles. The number of Topliss-reactive ketones (excluding diaryl/α,β-unsaturated/α-hetero) is 1. The van der Waals surface area contributed by atoms with E-state index in [-0.39, 0.29) is 5.78 Å². The molecule has 1 saturated carbocycles. The summed E-state index contributed by atoms with van der Waals surface area (Å²) in [5.41, 5.74) is 1.14. The second-order valence-electron chi connectivity index (χ2n) is 4.03. The number of carbonyl (C=O) groups is 1. The predicted molar refractivity (Wildman–Crippen MR) is 61.2 cm³/mol. The van der Waals surface area contributed by atoms with Gasteiger partial charge in [-0.2, -0.15) is 5.10 Å². The summed E-state index contributed by atoms with van der Waals surface area (Å²) in [6.45, 7) is 1.53. The van der Waals surface area contributed by atoms with Gasteiger partial charge in [-0.25, -0.2) is 9.67 Å². The number of rotatable bonds is 3. The summed E-state index contributed by atoms with van der Waals surface area (Å²) < 4.78 is 1.75. The lowest BCUT2D eigenvalue weighted by molar-refractivity contribution is 0.101. The average molecular weight is 233 g/mol. The van der Waals surface area contributed by atoms with Gasteiger partial charge in [0, 0.05) is 24.4 Å². The summed E-state index contributed by atoms with van der Waals surface area (Å²) in [6.07, 6.45) is 4.40. The minimum atomic E-state index is 0.00539. The van der Waals surface area contributed by atoms with E-state index in [1.54, 1.807) is 4.68 Å². The van der Waals surface area contributed by atoms with Crippen LogP contribution in [0.3, 0.4) is 0 Å². The van der Waals surface area contributed by atoms with Crippen LogP contribution in [-0.2, 0) is 0 Å². The predicted octanol–water partition coefficient (Wildman–Crippen LogP) is 2.41. The van der Waals surface area contributed by atoms with Gasteiger partial charge in [-0.05, 0) is 18.9 Å². The van der Waals surface area contributed by atoms with Crippen molar-refractivity contribution >= 4 is 17.1 Å². The topological polar surface area (TPSA) is 47.8 Å². The third-order valence-corrected chi connectivity index (χ3v) is 3.56. The Morgan fingerprint density at radius 3 is 3.00 bits per heavy atom. The third-order valence-electron chi connectivity index (χ3n) is 2.63. The maximum Gasteiger partial charge on any atom is 0.188 e. The first-order valence-corrected chi connectivity index (χ1v) is 6.14. The van der Waals surface area contributed by atoms with Crippen LogP contribution in [0.25, 0.3) is 5.82 Å². The maximum absolute atomic E-state index is 11.1. The normalized spacial score (nSPS) is 15.3. The fourth-order valence-corrected chi connectivity index (χ4v) is 2.28. The summed E-state index contributed by atoms with van der Waals surface area (Å²) in [4.78, 5) is 15.4. The number of thiazole rings is 1. The van der Waals surface area contributed by atoms with Crippen LogP contribution in [0, 0.1) is 0 Å². The van der Waals surface area contributed by atoms with Crippen molar-refractivity contribution in [2.24, 2.45) is 0 Å². The molecule has 1 aliphatic carbocycles. The van der Waals surface area contributed by atoms with E-state index in [2.05, 4.69) is 10.1 Å². The molecule has 0 amide bonds. The monoisotopic (exact) mass is 233 g/mol. The fourth-order valence-electron chi connectivity index (χ4n) is 1.59. The van der Waals surface area contributed by atoms with Crippen LogP contribution < -0.4 is 0 Å². The van der Waals surface area contributed by atoms with Gasteiger partial charge in [-0.15, -0.1) is 11.3 Å². The van der Waals surface area contributed by atoms with Gasteiger partial charge in [-0.3, -0.25) is 4.79 Å². The smallest absolute Gasteiger partial charge is 0.188 e. The lowest BCUT2D eigenvalue weighted by atomic mass is 10.3. The Morgan fingerprint density at radius 2 is 2.38 bits per heavy atom. The molecular weight excluding hydrogens is 222 g/mol. The van der Waals surface area contributed by atoms with Gasteiger partial charge in [0.1, 0.15) is 0 Å². The molecule has 0 radical (unpaired) electrons. The van der Waals surface area contributed by atoms with Crippen LogP contribution in [0.5, 0.6) is 0 Å². The largest absolute Gasteiger partial charge is 0.292 e. The molecule has 0 spiro atoms. The number of carbonyl (C=O) groups excluding carboxylic acids is 1. The van der Waals surface area contributed by atoms with Crippen molar-refractivity contribution in [2.45, 2.75) is 25.7 Å². The summed E-state index contributed by atoms with van der Waals surface area (Å²) in [5, 5.41) is 6.87. The van der Waals surface area contributed by atoms with Crippen molar-refractivity contribution < 1.29 is 4.79 Å². The fraction of sp³-hybridized carbons (Fsp3) is 0.364. The molecule has 1 fully saturated rings. The Kier molecular flexibility index (Phi) is 2.14. The van der Waals surface area contributed by atoms with E-state index in [1.165, 1.54) is 31.1 Å². The Balaban J connectivity index is 1.91. The van der Waals surface area contributed by atoms with Crippen LogP contribution in [0.15, 0.2) is 17.6 Å². The van der Waals surface area contributed by atoms with Gasteiger partial charge in [0.15, 0.2) is 16.6 Å². The van der Waals surface area contributed by atoms with Crippen LogP contribution in [0.1, 0.15) is 41.2 Å². The molecule has 0 N–H and O–H groups in total. The van der Waals surface area contributed by atoms with E-state index in [9.17, 15) is 4.79 Å². The highest BCUT2D eigenvalue weighted by atomic mass is 32.1. The van der Waals surface area contributed by atoms with Crippen LogP contribution in [0.4, 0.5) is 0 Å². The lowest BCUT2D eigenvalue weighted by Gasteiger charge is -1.93. The van der Waals surface area contributed by atoms with E-state index in [0.717, 1.165) is 11.5 Å². The molecule has 0 unspecified atom stereocenters. The van der Waals surface area contributed by atoms with E-state index in [1.807, 2.05) is 17.6 Å². The van der Waals surface area contributed by atoms with Crippen molar-refractivity contribution in [3.63, 3.8) is 0 Å². The average Bonchev–Trinajstić information content (AvgIpc) is 2.83. The van der Waals surface area contributed by atoms with Crippen molar-refractivity contribution in [2.75, 3.05) is 0 Å². The van der Waals surface area contributed by atoms with Gasteiger partial charge < -0.3 is 0 Å². The van der Waals surface area contributed by atoms with Crippen molar-refractivity contribution in [1.29, 1.82) is 0 Å². The van der Waals surface area contributed by atoms with Crippen LogP contribution >= 0.6 is 11.3 Å². The second kappa shape index (κ2) is 3.52. The second-order valence-corrected chi connectivity index (χ2v) is 4.88. The zero-order valence-corrected chi connectivity index (χ0v) is 9.70. The molecule has 0 atom stereocenters. The number of nitrogens with zero attached hydrogens (tertiary/aromatic N) is 3. The molecule has 0 aliphatic heterocycles. The zero-order valence-electron chi connectivity index (χ0n) is 8.88. The standard InChI is InChI=1S/C11H11N3OS/c1-7(15)11-12-10(6-16-11)14-5-4-9(13-14)8-2-3-8/h4-6,8H,2-3H2,1H3. The van der Waals surface area contributed by atoms with E-state index in [0.29, 0.717) is 10.9 Å². The quantitative estimate of drug-likeness (QED) is 0.765. The Labute approximate surface area is 96.9 Å². The highest BCUT2D eigenvalue weighted by Gasteiger charge is 2.26. The van der Waals surface area contributed by atoms with E-state index >= 15 is 0 Å². The van der Waals surface area contributed by atoms with Gasteiger partial charge in [0.25, 0.3) is 0 Å². The highest BCUT2D eigenvalue weighted by Crippen LogP contribution is 2.39. The Morgan fingerprint density at radius 1 is 1.56 bits per heavy atom. The first-order chi connectivity index (χ1) is 7.74. The van der Waals surface area contributed by atoms with Gasteiger partial charge in [-0.1, -0.05) is 0 Å². The first kappa shape index (κ1) is 9.72. The molecule has 0 saturated heterocycles. The van der Waals surface area contributed by atoms with Gasteiger partial charge >= 0.3 is 0 Å². The molecule has 3 rings (SSSR count). The molecule has 5 heteroatoms. The molecule has 82 valence electrons. The van der Waals surface area contributed by atoms with Crippen molar-refractivity contribution in [1.82, 2.24) is 14.8 Å². The van der Waals surface area contributed by atoms with Crippen molar-refractivity contribution in [3.8, 4) is 5.82 Å². The zero-order chi connectivity index (χ0) is 11.1. The van der Waals surface area contributed by atoms with Gasteiger partial charge in [0.05, 0.1) is 5.69 Å². The Bertz CT molecular complexity index is 539. The van der Waals surface area contributed by atoms with Crippen molar-refractivity contribution in [3.05, 3.63) is 28.3 Å². The summed E-state index contributed by atoms with van der Waals surface area (Å²) in [6, 6.07) is 2.03. The van der Waals surface area contributed by atoms with Crippen LogP contribution in [-0.4, -0.2) is 20.5 Å². The number of hydrogen-bond acceptors (Lipinski definition) is 4. The number of hydrogen-bond donors (Lipinski definition) is 0. The Hall–Kier alpha value is -1.49. The molecule has 2 heterocycles. The molecule has 0 bridgehead atoms. The third kappa shape index (κ3) is 1.67. The molecule has 2 aromatic rings. The minimum absolute atomic E-state index is 0.00539. The first-order valence-electron chi connectivity index (χ1n) is 5.26. The number of ketones is 1. The number of aromatic nitrogens is 3. The van der Waals surface area contributed by atoms with Crippen LogP contribution in [0.2, 0.25) is 0 Å². The van der Waals surface area contributed by atoms with E-state index < -0.39 is 0 Å². The SMILES string of the molecule is CC(=O)c1nc(-n2ccc(C3CC3)n2)cs1. The molecule has 16 heavy (non-hydrogen) atoms. The molecular formula is C11H11N3OS. The lowest BCUT2D eigenvalue weighted by Crippen LogP contribution is -1.98. The maximum atomic E-state index is 11.1. The molecule has 1 aliphatic rings. The minimum Gasteiger partial charge on any atom is -0.292 e. The molecule has 4 nitrogen and oxygen atoms in total. The van der Waals surface area contributed by atoms with E-state index in [4.69, 9.17) is 0 Å². The highest BCUT2D eigenvalue weighted by molar-refractivity contribution is 7.11. The van der Waals surface area contributed by atoms with Gasteiger partial charge in [0.2, 0.25) is 0 Å². The summed E-state index contributed by atoms with van der Waals surface area (Å²) in [7, 11) is 0. The summed E-state index contributed by atoms with van der Waals surface area (Å²) in [5.74, 6) is 1.39. The summed E-state index contributed by atoms with van der Waals surface area (Å²) >= 11 is 1.36. The molecule has 0 aromatic carbocycles.